The van der Waals surface area contributed by atoms with Crippen LogP contribution in [0.4, 0.5) is 0 Å². The molecule has 2 aromatic rings. The van der Waals surface area contributed by atoms with Crippen LogP contribution in [-0.2, 0) is 21.0 Å². The van der Waals surface area contributed by atoms with Crippen molar-refractivity contribution in [1.82, 2.24) is 9.78 Å². The van der Waals surface area contributed by atoms with E-state index in [2.05, 4.69) is 23.9 Å². The summed E-state index contributed by atoms with van der Waals surface area (Å²) in [5, 5.41) is 4.91. The second kappa shape index (κ2) is 8.01. The summed E-state index contributed by atoms with van der Waals surface area (Å²) in [5.74, 6) is -0.215. The van der Waals surface area contributed by atoms with Crippen molar-refractivity contribution in [3.8, 4) is 0 Å². The van der Waals surface area contributed by atoms with E-state index in [0.29, 0.717) is 17.5 Å². The summed E-state index contributed by atoms with van der Waals surface area (Å²) < 4.78 is 12.2. The third-order valence-electron chi connectivity index (χ3n) is 3.91. The Labute approximate surface area is 149 Å². The molecule has 1 heterocycles. The van der Waals surface area contributed by atoms with Crippen LogP contribution in [0, 0.1) is 0 Å². The molecule has 6 nitrogen and oxygen atoms in total. The minimum atomic E-state index is -0.729. The van der Waals surface area contributed by atoms with Gasteiger partial charge in [-0.1, -0.05) is 12.1 Å². The third-order valence-corrected chi connectivity index (χ3v) is 5.30. The molecule has 138 valence electrons. The average Bonchev–Trinajstić information content (AvgIpc) is 2.58. The number of aromatic nitrogens is 2. The van der Waals surface area contributed by atoms with Crippen LogP contribution in [-0.4, -0.2) is 54.0 Å². The van der Waals surface area contributed by atoms with Gasteiger partial charge in [0.2, 0.25) is 5.43 Å². The molecule has 0 saturated heterocycles. The smallest absolute Gasteiger partial charge is 0.314 e. The molecule has 0 fully saturated rings. The van der Waals surface area contributed by atoms with Gasteiger partial charge in [0.1, 0.15) is 18.3 Å². The number of nitrogens with zero attached hydrogens (tertiary/aromatic N) is 2. The van der Waals surface area contributed by atoms with Crippen molar-refractivity contribution in [2.45, 2.75) is 19.6 Å². The second-order valence-corrected chi connectivity index (χ2v) is 11.4. The van der Waals surface area contributed by atoms with Gasteiger partial charge in [0.05, 0.1) is 19.2 Å². The van der Waals surface area contributed by atoms with Crippen LogP contribution in [0.3, 0.4) is 0 Å². The maximum atomic E-state index is 12.7. The number of methoxy groups -OCH3 is 1. The number of carbonyl (C=O) groups excluding carboxylic acids is 1. The molecule has 0 aliphatic carbocycles. The van der Waals surface area contributed by atoms with Gasteiger partial charge in [-0.05, 0) is 37.8 Å². The van der Waals surface area contributed by atoms with Crippen LogP contribution < -0.4 is 5.43 Å². The summed E-state index contributed by atoms with van der Waals surface area (Å²) >= 11 is 0. The number of fused-ring (bicyclic) bond motifs is 1. The highest BCUT2D eigenvalue weighted by Crippen LogP contribution is 2.33. The molecular formula is C18H26N2O4S. The predicted molar refractivity (Wildman–Crippen MR) is 103 cm³/mol. The Morgan fingerprint density at radius 3 is 2.60 bits per heavy atom. The summed E-state index contributed by atoms with van der Waals surface area (Å²) in [6.45, 7) is 2.48. The summed E-state index contributed by atoms with van der Waals surface area (Å²) in [7, 11) is 0.672. The van der Waals surface area contributed by atoms with Crippen molar-refractivity contribution in [3.63, 3.8) is 0 Å². The fraction of sp³-hybridized carbons (Fsp3) is 0.500. The fourth-order valence-electron chi connectivity index (χ4n) is 2.39. The van der Waals surface area contributed by atoms with Gasteiger partial charge in [-0.2, -0.15) is 5.10 Å². The highest BCUT2D eigenvalue weighted by molar-refractivity contribution is 8.32. The summed E-state index contributed by atoms with van der Waals surface area (Å²) in [4.78, 5) is 24.5. The predicted octanol–water partition coefficient (Wildman–Crippen LogP) is 2.34. The largest absolute Gasteiger partial charge is 0.469 e. The Bertz CT molecular complexity index is 811. The number of rotatable bonds is 7. The Morgan fingerprint density at radius 2 is 1.96 bits per heavy atom. The van der Waals surface area contributed by atoms with E-state index in [1.54, 1.807) is 23.7 Å². The van der Waals surface area contributed by atoms with Crippen LogP contribution in [0.15, 0.2) is 29.1 Å². The minimum Gasteiger partial charge on any atom is -0.469 e. The molecule has 0 amide bonds. The lowest BCUT2D eigenvalue weighted by molar-refractivity contribution is -0.142. The molecule has 1 aromatic heterocycles. The number of esters is 1. The van der Waals surface area contributed by atoms with Crippen molar-refractivity contribution in [1.29, 1.82) is 0 Å². The average molecular weight is 366 g/mol. The van der Waals surface area contributed by atoms with Crippen LogP contribution >= 0.6 is 10.0 Å². The van der Waals surface area contributed by atoms with Crippen molar-refractivity contribution < 1.29 is 14.3 Å². The number of para-hydroxylation sites is 1. The topological polar surface area (TPSA) is 70.4 Å². The lowest BCUT2D eigenvalue weighted by atomic mass is 10.1. The Morgan fingerprint density at radius 1 is 1.28 bits per heavy atom. The Hall–Kier alpha value is -1.86. The van der Waals surface area contributed by atoms with Crippen molar-refractivity contribution in [3.05, 3.63) is 40.2 Å². The van der Waals surface area contributed by atoms with Crippen molar-refractivity contribution in [2.75, 3.05) is 38.2 Å². The number of benzene rings is 1. The van der Waals surface area contributed by atoms with Crippen LogP contribution in [0.1, 0.15) is 18.5 Å². The molecule has 0 saturated carbocycles. The lowest BCUT2D eigenvalue weighted by Crippen LogP contribution is -2.26. The quantitative estimate of drug-likeness (QED) is 0.556. The van der Waals surface area contributed by atoms with Gasteiger partial charge in [-0.15, -0.1) is 0 Å². The maximum absolute atomic E-state index is 12.7. The first-order valence-corrected chi connectivity index (χ1v) is 11.1. The summed E-state index contributed by atoms with van der Waals surface area (Å²) in [6.07, 6.45) is 6.71. The van der Waals surface area contributed by atoms with Gasteiger partial charge in [0.25, 0.3) is 0 Å². The molecule has 1 unspecified atom stereocenters. The molecule has 2 rings (SSSR count). The monoisotopic (exact) mass is 366 g/mol. The van der Waals surface area contributed by atoms with E-state index in [9.17, 15) is 9.59 Å². The number of hydrogen-bond donors (Lipinski definition) is 0. The molecule has 7 heteroatoms. The second-order valence-electron chi connectivity index (χ2n) is 6.81. The van der Waals surface area contributed by atoms with Gasteiger partial charge in [0, 0.05) is 11.1 Å². The van der Waals surface area contributed by atoms with Crippen LogP contribution in [0.2, 0.25) is 0 Å². The molecule has 0 aliphatic rings. The van der Waals surface area contributed by atoms with E-state index in [1.807, 2.05) is 12.1 Å². The third kappa shape index (κ3) is 4.83. The number of hydrogen-bond acceptors (Lipinski definition) is 5. The first kappa shape index (κ1) is 19.5. The number of carbonyl (C=O) groups is 1. The highest BCUT2D eigenvalue weighted by Gasteiger charge is 2.23. The zero-order chi connectivity index (χ0) is 18.6. The van der Waals surface area contributed by atoms with Gasteiger partial charge < -0.3 is 9.47 Å². The standard InChI is InChI=1S/C18H26N2O4S/c1-13(18(22)23-2)16-17(21)14-8-6-7-9-15(14)20(19-16)12-24-10-11-25(3,4)5/h6-9,13H,10-12H2,1-5H3. The minimum absolute atomic E-state index is 0.176. The summed E-state index contributed by atoms with van der Waals surface area (Å²) in [6, 6.07) is 7.21. The molecule has 0 N–H and O–H groups in total. The van der Waals surface area contributed by atoms with Gasteiger partial charge in [-0.25, -0.2) is 14.7 Å². The van der Waals surface area contributed by atoms with E-state index >= 15 is 0 Å². The maximum Gasteiger partial charge on any atom is 0.314 e. The lowest BCUT2D eigenvalue weighted by Gasteiger charge is -2.24. The van der Waals surface area contributed by atoms with E-state index in [-0.39, 0.29) is 17.9 Å². The van der Waals surface area contributed by atoms with Crippen LogP contribution in [0.25, 0.3) is 10.9 Å². The van der Waals surface area contributed by atoms with E-state index in [0.717, 1.165) is 5.75 Å². The molecule has 0 aliphatic heterocycles. The zero-order valence-electron chi connectivity index (χ0n) is 15.4. The molecule has 0 spiro atoms. The fourth-order valence-corrected chi connectivity index (χ4v) is 3.01. The van der Waals surface area contributed by atoms with E-state index in [4.69, 9.17) is 9.47 Å². The van der Waals surface area contributed by atoms with Crippen molar-refractivity contribution >= 4 is 26.9 Å². The van der Waals surface area contributed by atoms with E-state index < -0.39 is 21.9 Å². The zero-order valence-corrected chi connectivity index (χ0v) is 16.3. The molecule has 0 bridgehead atoms. The van der Waals surface area contributed by atoms with Gasteiger partial charge >= 0.3 is 5.97 Å². The highest BCUT2D eigenvalue weighted by atomic mass is 32.3. The van der Waals surface area contributed by atoms with Crippen LogP contribution in [0.5, 0.6) is 0 Å². The molecule has 1 atom stereocenters. The van der Waals surface area contributed by atoms with Gasteiger partial charge in [0.15, 0.2) is 0 Å². The van der Waals surface area contributed by atoms with E-state index in [1.165, 1.54) is 7.11 Å². The SMILES string of the molecule is COC(=O)C(C)c1nn(COCCS(C)(C)C)c2ccccc2c1=O. The van der Waals surface area contributed by atoms with Gasteiger partial charge in [-0.3, -0.25) is 9.59 Å². The molecule has 25 heavy (non-hydrogen) atoms. The first-order valence-electron chi connectivity index (χ1n) is 8.06. The summed E-state index contributed by atoms with van der Waals surface area (Å²) in [5.41, 5.74) is 0.621. The Balaban J connectivity index is 2.36. The molecule has 1 aromatic carbocycles. The van der Waals surface area contributed by atoms with Crippen molar-refractivity contribution in [2.24, 2.45) is 0 Å². The normalized spacial score (nSPS) is 13.6. The molecular weight excluding hydrogens is 340 g/mol. The Kier molecular flexibility index (Phi) is 6.24. The number of ether oxygens (including phenoxy) is 2. The molecule has 0 radical (unpaired) electrons. The first-order chi connectivity index (χ1) is 11.7.